The number of Topliss-reactive ketones (excluding diaryl/α,β-unsaturated/α-hetero) is 1. The third-order valence-electron chi connectivity index (χ3n) is 6.20. The van der Waals surface area contributed by atoms with Gasteiger partial charge >= 0.3 is 6.18 Å². The van der Waals surface area contributed by atoms with E-state index < -0.39 is 28.6 Å². The van der Waals surface area contributed by atoms with Crippen molar-refractivity contribution >= 4 is 17.2 Å². The number of nitrogens with zero attached hydrogens (tertiary/aromatic N) is 1. The van der Waals surface area contributed by atoms with Gasteiger partial charge in [-0.05, 0) is 36.3 Å². The summed E-state index contributed by atoms with van der Waals surface area (Å²) >= 11 is 0. The predicted molar refractivity (Wildman–Crippen MR) is 86.7 cm³/mol. The minimum absolute atomic E-state index is 0.324. The van der Waals surface area contributed by atoms with E-state index in [9.17, 15) is 18.0 Å². The Balaban J connectivity index is 1.98. The number of anilines is 1. The van der Waals surface area contributed by atoms with Gasteiger partial charge in [-0.3, -0.25) is 10.2 Å². The average Bonchev–Trinajstić information content (AvgIpc) is 2.81. The molecule has 1 N–H and O–H groups in total. The number of hydrogen-bond acceptors (Lipinski definition) is 3. The molecule has 3 rings (SSSR count). The Morgan fingerprint density at radius 1 is 1.21 bits per heavy atom. The van der Waals surface area contributed by atoms with Gasteiger partial charge in [0.15, 0.2) is 5.71 Å². The van der Waals surface area contributed by atoms with E-state index in [1.165, 1.54) is 0 Å². The molecule has 0 amide bonds. The van der Waals surface area contributed by atoms with Crippen LogP contribution in [0.15, 0.2) is 35.4 Å². The minimum Gasteiger partial charge on any atom is -0.298 e. The molecule has 0 aromatic heterocycles. The molecule has 0 radical (unpaired) electrons. The highest BCUT2D eigenvalue weighted by Crippen LogP contribution is 2.66. The molecule has 130 valence electrons. The Morgan fingerprint density at radius 2 is 1.83 bits per heavy atom. The second kappa shape index (κ2) is 5.33. The third kappa shape index (κ3) is 2.34. The number of fused-ring (bicyclic) bond motifs is 2. The summed E-state index contributed by atoms with van der Waals surface area (Å²) in [5, 5.41) is 3.63. The molecule has 3 atom stereocenters. The van der Waals surface area contributed by atoms with Gasteiger partial charge in [0.25, 0.3) is 0 Å². The van der Waals surface area contributed by atoms with Gasteiger partial charge in [0.1, 0.15) is 5.78 Å². The summed E-state index contributed by atoms with van der Waals surface area (Å²) < 4.78 is 40.9. The number of nitrogens with one attached hydrogen (secondary N) is 1. The highest BCUT2D eigenvalue weighted by Gasteiger charge is 2.69. The molecule has 6 heteroatoms. The fourth-order valence-electron chi connectivity index (χ4n) is 4.35. The number of rotatable bonds is 3. The van der Waals surface area contributed by atoms with Gasteiger partial charge in [-0.15, -0.1) is 0 Å². The molecule has 24 heavy (non-hydrogen) atoms. The molecule has 2 bridgehead atoms. The second-order valence-electron chi connectivity index (χ2n) is 7.51. The van der Waals surface area contributed by atoms with Crippen LogP contribution in [-0.4, -0.2) is 17.7 Å². The number of hydrogen-bond donors (Lipinski definition) is 1. The minimum atomic E-state index is -4.64. The molecular formula is C18H21F3N2O. The van der Waals surface area contributed by atoms with Crippen LogP contribution in [0.1, 0.15) is 33.6 Å². The fourth-order valence-corrected chi connectivity index (χ4v) is 4.35. The van der Waals surface area contributed by atoms with Gasteiger partial charge in [0.2, 0.25) is 0 Å². The van der Waals surface area contributed by atoms with Crippen LogP contribution in [0.5, 0.6) is 0 Å². The smallest absolute Gasteiger partial charge is 0.298 e. The highest BCUT2D eigenvalue weighted by atomic mass is 19.4. The van der Waals surface area contributed by atoms with Crippen LogP contribution in [0, 0.1) is 22.7 Å². The predicted octanol–water partition coefficient (Wildman–Crippen LogP) is 4.66. The van der Waals surface area contributed by atoms with Crippen molar-refractivity contribution in [2.45, 2.75) is 39.8 Å². The lowest BCUT2D eigenvalue weighted by atomic mass is 9.70. The van der Waals surface area contributed by atoms with Crippen molar-refractivity contribution in [1.29, 1.82) is 0 Å². The normalized spacial score (nSPS) is 32.2. The van der Waals surface area contributed by atoms with E-state index in [2.05, 4.69) is 10.5 Å². The number of halogens is 3. The van der Waals surface area contributed by atoms with Gasteiger partial charge in [-0.2, -0.15) is 18.3 Å². The van der Waals surface area contributed by atoms with E-state index >= 15 is 0 Å². The van der Waals surface area contributed by atoms with Crippen LogP contribution in [0.3, 0.4) is 0 Å². The van der Waals surface area contributed by atoms with Crippen molar-refractivity contribution < 1.29 is 18.0 Å². The lowest BCUT2D eigenvalue weighted by Gasteiger charge is -2.32. The maximum absolute atomic E-state index is 13.6. The van der Waals surface area contributed by atoms with Crippen LogP contribution in [-0.2, 0) is 4.79 Å². The first-order valence-electron chi connectivity index (χ1n) is 8.09. The Morgan fingerprint density at radius 3 is 2.33 bits per heavy atom. The molecule has 2 fully saturated rings. The number of carbonyl (C=O) groups excluding carboxylic acids is 1. The molecule has 2 aliphatic carbocycles. The third-order valence-corrected chi connectivity index (χ3v) is 6.20. The van der Waals surface area contributed by atoms with Crippen molar-refractivity contribution in [1.82, 2.24) is 0 Å². The van der Waals surface area contributed by atoms with Gasteiger partial charge in [0, 0.05) is 5.41 Å². The highest BCUT2D eigenvalue weighted by molar-refractivity contribution is 6.12. The monoisotopic (exact) mass is 338 g/mol. The molecule has 0 saturated heterocycles. The standard InChI is InChI=1S/C18H21F3N2O/c1-16(2)12-9-10-17(16,3)15(24)13(12)14(18(19,20)21)23-22-11-7-5-4-6-8-11/h4-8,12-13,22H,9-10H2,1-3H3/b23-14+/t12-,13-,17+/m0/s1. The summed E-state index contributed by atoms with van der Waals surface area (Å²) in [6.45, 7) is 5.61. The zero-order chi connectivity index (χ0) is 17.8. The lowest BCUT2D eigenvalue weighted by Crippen LogP contribution is -2.41. The SMILES string of the molecule is CC1(C)[C@H]2CC[C@]1(C)C(=O)[C@@H]2/C(=N\Nc1ccccc1)C(F)(F)F. The van der Waals surface area contributed by atoms with Gasteiger partial charge in [-0.25, -0.2) is 0 Å². The van der Waals surface area contributed by atoms with Gasteiger partial charge in [-0.1, -0.05) is 39.0 Å². The van der Waals surface area contributed by atoms with E-state index in [4.69, 9.17) is 0 Å². The van der Waals surface area contributed by atoms with Crippen molar-refractivity contribution in [3.63, 3.8) is 0 Å². The molecule has 0 unspecified atom stereocenters. The average molecular weight is 338 g/mol. The molecule has 0 aliphatic heterocycles. The second-order valence-corrected chi connectivity index (χ2v) is 7.51. The van der Waals surface area contributed by atoms with Crippen molar-refractivity contribution in [3.05, 3.63) is 30.3 Å². The number of alkyl halides is 3. The molecule has 1 aromatic rings. The Labute approximate surface area is 139 Å². The lowest BCUT2D eigenvalue weighted by molar-refractivity contribution is -0.131. The summed E-state index contributed by atoms with van der Waals surface area (Å²) in [4.78, 5) is 12.8. The Bertz CT molecular complexity index is 681. The number of ketones is 1. The Kier molecular flexibility index (Phi) is 3.77. The molecule has 1 aromatic carbocycles. The molecule has 2 saturated carbocycles. The van der Waals surface area contributed by atoms with Crippen molar-refractivity contribution in [2.75, 3.05) is 5.43 Å². The van der Waals surface area contributed by atoms with E-state index in [1.807, 2.05) is 13.8 Å². The van der Waals surface area contributed by atoms with Crippen LogP contribution in [0.2, 0.25) is 0 Å². The van der Waals surface area contributed by atoms with Crippen molar-refractivity contribution in [2.24, 2.45) is 27.8 Å². The van der Waals surface area contributed by atoms with Crippen LogP contribution in [0.25, 0.3) is 0 Å². The Hall–Kier alpha value is -1.85. The first-order valence-corrected chi connectivity index (χ1v) is 8.09. The van der Waals surface area contributed by atoms with Crippen LogP contribution in [0.4, 0.5) is 18.9 Å². The van der Waals surface area contributed by atoms with E-state index in [0.717, 1.165) is 0 Å². The van der Waals surface area contributed by atoms with Crippen molar-refractivity contribution in [3.8, 4) is 0 Å². The number of hydrazone groups is 1. The molecule has 3 nitrogen and oxygen atoms in total. The fraction of sp³-hybridized carbons (Fsp3) is 0.556. The zero-order valence-corrected chi connectivity index (χ0v) is 13.9. The molecule has 2 aliphatic rings. The number of benzene rings is 1. The maximum atomic E-state index is 13.6. The van der Waals surface area contributed by atoms with E-state index in [0.29, 0.717) is 18.5 Å². The zero-order valence-electron chi connectivity index (χ0n) is 13.9. The van der Waals surface area contributed by atoms with E-state index in [1.54, 1.807) is 37.3 Å². The number of carbonyl (C=O) groups is 1. The first-order chi connectivity index (χ1) is 11.1. The van der Waals surface area contributed by atoms with Gasteiger partial charge in [0.05, 0.1) is 11.6 Å². The molecule has 0 heterocycles. The molecule has 0 spiro atoms. The topological polar surface area (TPSA) is 41.5 Å². The first kappa shape index (κ1) is 17.0. The largest absolute Gasteiger partial charge is 0.431 e. The maximum Gasteiger partial charge on any atom is 0.431 e. The van der Waals surface area contributed by atoms with Gasteiger partial charge < -0.3 is 0 Å². The van der Waals surface area contributed by atoms with Crippen LogP contribution < -0.4 is 5.43 Å². The summed E-state index contributed by atoms with van der Waals surface area (Å²) in [6.07, 6.45) is -3.36. The van der Waals surface area contributed by atoms with Crippen LogP contribution >= 0.6 is 0 Å². The summed E-state index contributed by atoms with van der Waals surface area (Å²) in [6, 6.07) is 8.44. The quantitative estimate of drug-likeness (QED) is 0.643. The van der Waals surface area contributed by atoms with E-state index in [-0.39, 0.29) is 11.7 Å². The summed E-state index contributed by atoms with van der Waals surface area (Å²) in [7, 11) is 0. The molecular weight excluding hydrogens is 317 g/mol. The summed E-state index contributed by atoms with van der Waals surface area (Å²) in [5.74, 6) is -1.84. The number of para-hydroxylation sites is 1. The summed E-state index contributed by atoms with van der Waals surface area (Å²) in [5.41, 5.74) is 0.762.